The van der Waals surface area contributed by atoms with Crippen LogP contribution in [0.2, 0.25) is 0 Å². The van der Waals surface area contributed by atoms with Crippen molar-refractivity contribution in [1.82, 2.24) is 9.88 Å². The summed E-state index contributed by atoms with van der Waals surface area (Å²) in [5, 5.41) is 0.702. The molecular formula is C24H25FN2O4S. The average Bonchev–Trinajstić information content (AvgIpc) is 3.44. The highest BCUT2D eigenvalue weighted by atomic mass is 32.1. The second-order valence-corrected chi connectivity index (χ2v) is 8.61. The minimum atomic E-state index is -0.316. The normalized spacial score (nSPS) is 15.6. The molecule has 0 radical (unpaired) electrons. The summed E-state index contributed by atoms with van der Waals surface area (Å²) in [6.07, 6.45) is 1.79. The number of aryl methyl sites for hydroxylation is 1. The van der Waals surface area contributed by atoms with Gasteiger partial charge in [-0.15, -0.1) is 11.3 Å². The molecule has 0 unspecified atom stereocenters. The summed E-state index contributed by atoms with van der Waals surface area (Å²) in [6.45, 7) is 2.74. The summed E-state index contributed by atoms with van der Waals surface area (Å²) in [6, 6.07) is 11.5. The highest BCUT2D eigenvalue weighted by molar-refractivity contribution is 7.13. The van der Waals surface area contributed by atoms with E-state index in [0.717, 1.165) is 18.4 Å². The zero-order valence-corrected chi connectivity index (χ0v) is 19.1. The molecule has 0 spiro atoms. The number of ether oxygens (including phenoxy) is 3. The zero-order chi connectivity index (χ0) is 22.7. The summed E-state index contributed by atoms with van der Waals surface area (Å²) >= 11 is 1.34. The second kappa shape index (κ2) is 9.56. The van der Waals surface area contributed by atoms with Gasteiger partial charge in [-0.3, -0.25) is 4.79 Å². The number of rotatable bonds is 7. The van der Waals surface area contributed by atoms with Crippen molar-refractivity contribution >= 4 is 17.2 Å². The molecule has 0 N–H and O–H groups in total. The van der Waals surface area contributed by atoms with E-state index in [1.807, 2.05) is 30.0 Å². The highest BCUT2D eigenvalue weighted by Crippen LogP contribution is 2.40. The number of aromatic nitrogens is 1. The molecule has 4 rings (SSSR count). The Balaban J connectivity index is 1.51. The largest absolute Gasteiger partial charge is 0.497 e. The number of nitrogens with zero attached hydrogens (tertiary/aromatic N) is 2. The number of carbonyl (C=O) groups is 1. The molecule has 32 heavy (non-hydrogen) atoms. The van der Waals surface area contributed by atoms with Gasteiger partial charge < -0.3 is 19.1 Å². The molecule has 0 saturated carbocycles. The van der Waals surface area contributed by atoms with E-state index < -0.39 is 0 Å². The number of amides is 1. The van der Waals surface area contributed by atoms with Crippen LogP contribution < -0.4 is 14.2 Å². The molecule has 1 aromatic heterocycles. The fourth-order valence-electron chi connectivity index (χ4n) is 3.95. The molecular weight excluding hydrogens is 431 g/mol. The van der Waals surface area contributed by atoms with Gasteiger partial charge >= 0.3 is 0 Å². The van der Waals surface area contributed by atoms with Crippen LogP contribution in [0.1, 0.15) is 44.8 Å². The lowest BCUT2D eigenvalue weighted by molar-refractivity contribution is 0.0738. The van der Waals surface area contributed by atoms with Crippen molar-refractivity contribution in [1.29, 1.82) is 0 Å². The maximum absolute atomic E-state index is 13.4. The van der Waals surface area contributed by atoms with Gasteiger partial charge in [-0.25, -0.2) is 9.37 Å². The van der Waals surface area contributed by atoms with Crippen LogP contribution in [0.15, 0.2) is 42.5 Å². The van der Waals surface area contributed by atoms with Crippen molar-refractivity contribution in [3.05, 3.63) is 69.4 Å². The van der Waals surface area contributed by atoms with Gasteiger partial charge in [-0.2, -0.15) is 0 Å². The standard InChI is InChI=1S/C24H25FN2O4S/c1-15-23(32-22(26-15)14-31-17-8-6-16(25)7-9-17)24(28)27-12-4-5-20(27)19-11-10-18(29-2)13-21(19)30-3/h6-11,13,20H,4-5,12,14H2,1-3H3/t20-/m0/s1. The SMILES string of the molecule is COc1ccc([C@@H]2CCCN2C(=O)c2sc(COc3ccc(F)cc3)nc2C)c(OC)c1. The van der Waals surface area contributed by atoms with Crippen molar-refractivity contribution in [3.63, 3.8) is 0 Å². The van der Waals surface area contributed by atoms with E-state index in [9.17, 15) is 9.18 Å². The zero-order valence-electron chi connectivity index (χ0n) is 18.3. The van der Waals surface area contributed by atoms with Gasteiger partial charge in [0.1, 0.15) is 39.6 Å². The van der Waals surface area contributed by atoms with Crippen LogP contribution in [0.3, 0.4) is 0 Å². The number of hydrogen-bond donors (Lipinski definition) is 0. The van der Waals surface area contributed by atoms with Gasteiger partial charge in [0.05, 0.1) is 26.0 Å². The smallest absolute Gasteiger partial charge is 0.266 e. The first-order chi connectivity index (χ1) is 15.5. The first-order valence-electron chi connectivity index (χ1n) is 10.4. The highest BCUT2D eigenvalue weighted by Gasteiger charge is 2.34. The van der Waals surface area contributed by atoms with Crippen LogP contribution in [-0.4, -0.2) is 36.6 Å². The molecule has 6 nitrogen and oxygen atoms in total. The van der Waals surface area contributed by atoms with E-state index in [1.54, 1.807) is 26.4 Å². The van der Waals surface area contributed by atoms with Gasteiger partial charge in [0, 0.05) is 18.2 Å². The number of carbonyl (C=O) groups excluding carboxylic acids is 1. The molecule has 3 aromatic rings. The van der Waals surface area contributed by atoms with Crippen molar-refractivity contribution in [3.8, 4) is 17.2 Å². The lowest BCUT2D eigenvalue weighted by Gasteiger charge is -2.26. The molecule has 0 bridgehead atoms. The summed E-state index contributed by atoms with van der Waals surface area (Å²) in [4.78, 5) is 20.5. The fourth-order valence-corrected chi connectivity index (χ4v) is 4.88. The average molecular weight is 457 g/mol. The Morgan fingerprint density at radius 2 is 1.91 bits per heavy atom. The van der Waals surface area contributed by atoms with Gasteiger partial charge in [0.2, 0.25) is 0 Å². The number of thiazole rings is 1. The number of halogens is 1. The van der Waals surface area contributed by atoms with Crippen molar-refractivity contribution in [2.24, 2.45) is 0 Å². The number of likely N-dealkylation sites (tertiary alicyclic amines) is 1. The van der Waals surface area contributed by atoms with Crippen LogP contribution >= 0.6 is 11.3 Å². The molecule has 1 atom stereocenters. The first kappa shape index (κ1) is 22.1. The Labute approximate surface area is 190 Å². The maximum Gasteiger partial charge on any atom is 0.266 e. The quantitative estimate of drug-likeness (QED) is 0.491. The molecule has 1 aliphatic rings. The third-order valence-corrected chi connectivity index (χ3v) is 6.64. The van der Waals surface area contributed by atoms with Gasteiger partial charge in [0.15, 0.2) is 0 Å². The topological polar surface area (TPSA) is 60.9 Å². The maximum atomic E-state index is 13.4. The van der Waals surface area contributed by atoms with E-state index in [-0.39, 0.29) is 24.4 Å². The van der Waals surface area contributed by atoms with Crippen molar-refractivity contribution < 1.29 is 23.4 Å². The predicted octanol–water partition coefficient (Wildman–Crippen LogP) is 5.16. The molecule has 8 heteroatoms. The Morgan fingerprint density at radius 1 is 1.16 bits per heavy atom. The third-order valence-electron chi connectivity index (χ3n) is 5.52. The molecule has 1 aliphatic heterocycles. The molecule has 1 saturated heterocycles. The van der Waals surface area contributed by atoms with E-state index in [2.05, 4.69) is 4.98 Å². The third kappa shape index (κ3) is 4.55. The minimum absolute atomic E-state index is 0.0339. The monoisotopic (exact) mass is 456 g/mol. The predicted molar refractivity (Wildman–Crippen MR) is 120 cm³/mol. The number of hydrogen-bond acceptors (Lipinski definition) is 6. The van der Waals surface area contributed by atoms with Crippen LogP contribution in [0.25, 0.3) is 0 Å². The lowest BCUT2D eigenvalue weighted by atomic mass is 10.0. The van der Waals surface area contributed by atoms with E-state index in [1.165, 1.54) is 23.5 Å². The van der Waals surface area contributed by atoms with Gasteiger partial charge in [0.25, 0.3) is 5.91 Å². The molecule has 2 aromatic carbocycles. The van der Waals surface area contributed by atoms with E-state index in [0.29, 0.717) is 39.4 Å². The van der Waals surface area contributed by atoms with E-state index in [4.69, 9.17) is 14.2 Å². The Bertz CT molecular complexity index is 1100. The van der Waals surface area contributed by atoms with Crippen LogP contribution in [-0.2, 0) is 6.61 Å². The van der Waals surface area contributed by atoms with Gasteiger partial charge in [-0.1, -0.05) is 0 Å². The van der Waals surface area contributed by atoms with Crippen LogP contribution in [0.4, 0.5) is 4.39 Å². The molecule has 1 amide bonds. The van der Waals surface area contributed by atoms with Crippen LogP contribution in [0, 0.1) is 12.7 Å². The van der Waals surface area contributed by atoms with Gasteiger partial charge in [-0.05, 0) is 56.2 Å². The minimum Gasteiger partial charge on any atom is -0.497 e. The summed E-state index contributed by atoms with van der Waals surface area (Å²) in [5.74, 6) is 1.63. The molecule has 0 aliphatic carbocycles. The van der Waals surface area contributed by atoms with Crippen molar-refractivity contribution in [2.45, 2.75) is 32.4 Å². The Hall–Kier alpha value is -3.13. The second-order valence-electron chi connectivity index (χ2n) is 7.53. The number of benzene rings is 2. The first-order valence-corrected chi connectivity index (χ1v) is 11.2. The molecule has 1 fully saturated rings. The van der Waals surface area contributed by atoms with Crippen LogP contribution in [0.5, 0.6) is 17.2 Å². The Morgan fingerprint density at radius 3 is 2.62 bits per heavy atom. The summed E-state index contributed by atoms with van der Waals surface area (Å²) in [5.41, 5.74) is 1.66. The molecule has 2 heterocycles. The van der Waals surface area contributed by atoms with Crippen molar-refractivity contribution in [2.75, 3.05) is 20.8 Å². The fraction of sp³-hybridized carbons (Fsp3) is 0.333. The number of methoxy groups -OCH3 is 2. The summed E-state index contributed by atoms with van der Waals surface area (Å²) in [7, 11) is 3.24. The van der Waals surface area contributed by atoms with E-state index >= 15 is 0 Å². The Kier molecular flexibility index (Phi) is 6.60. The molecule has 168 valence electrons. The lowest BCUT2D eigenvalue weighted by Crippen LogP contribution is -2.30. The summed E-state index contributed by atoms with van der Waals surface area (Å²) < 4.78 is 29.6.